The highest BCUT2D eigenvalue weighted by Crippen LogP contribution is 2.27. The summed E-state index contributed by atoms with van der Waals surface area (Å²) < 4.78 is 7.72. The average molecular weight is 560 g/mol. The summed E-state index contributed by atoms with van der Waals surface area (Å²) in [6.07, 6.45) is 18.9. The molecule has 222 valence electrons. The van der Waals surface area contributed by atoms with Gasteiger partial charge in [0.05, 0.1) is 13.2 Å². The van der Waals surface area contributed by atoms with Crippen LogP contribution in [0.4, 0.5) is 5.69 Å². The molecule has 0 fully saturated rings. The summed E-state index contributed by atoms with van der Waals surface area (Å²) in [6, 6.07) is 10.9. The number of carbonyl (C=O) groups excluding carboxylic acids is 1. The molecule has 6 nitrogen and oxygen atoms in total. The zero-order valence-electron chi connectivity index (χ0n) is 25.9. The van der Waals surface area contributed by atoms with Crippen LogP contribution in [0.5, 0.6) is 5.75 Å². The molecular formula is C35H51N4O2+. The van der Waals surface area contributed by atoms with E-state index >= 15 is 0 Å². The van der Waals surface area contributed by atoms with E-state index in [1.807, 2.05) is 53.3 Å². The molecule has 0 saturated heterocycles. The van der Waals surface area contributed by atoms with Crippen LogP contribution >= 0.6 is 0 Å². The molecule has 2 heterocycles. The number of benzene rings is 1. The first-order valence-electron chi connectivity index (χ1n) is 15.6. The van der Waals surface area contributed by atoms with E-state index in [2.05, 4.69) is 61.5 Å². The Kier molecular flexibility index (Phi) is 13.8. The molecule has 0 N–H and O–H groups in total. The maximum absolute atomic E-state index is 13.8. The lowest BCUT2D eigenvalue weighted by atomic mass is 9.98. The number of likely N-dealkylation sites (N-methyl/N-ethyl adjacent to an activating group) is 1. The average Bonchev–Trinajstić information content (AvgIpc) is 3.44. The fourth-order valence-corrected chi connectivity index (χ4v) is 5.31. The molecule has 2 aromatic rings. The van der Waals surface area contributed by atoms with Crippen molar-refractivity contribution in [2.45, 2.75) is 84.6 Å². The largest absolute Gasteiger partial charge is 0.493 e. The monoisotopic (exact) mass is 559 g/mol. The molecule has 0 saturated carbocycles. The predicted octanol–water partition coefficient (Wildman–Crippen LogP) is 6.62. The van der Waals surface area contributed by atoms with Crippen LogP contribution in [-0.2, 0) is 24.7 Å². The van der Waals surface area contributed by atoms with Crippen molar-refractivity contribution in [3.05, 3.63) is 78.3 Å². The lowest BCUT2D eigenvalue weighted by Crippen LogP contribution is -2.46. The lowest BCUT2D eigenvalue weighted by molar-refractivity contribution is -0.670. The second-order valence-electron chi connectivity index (χ2n) is 11.0. The molecule has 1 aromatic heterocycles. The summed E-state index contributed by atoms with van der Waals surface area (Å²) in [4.78, 5) is 22.7. The number of ether oxygens (including phenoxy) is 1. The number of aromatic nitrogens is 1. The molecule has 0 aliphatic carbocycles. The summed E-state index contributed by atoms with van der Waals surface area (Å²) >= 11 is 0. The third kappa shape index (κ3) is 10.6. The Morgan fingerprint density at radius 3 is 2.80 bits per heavy atom. The Morgan fingerprint density at radius 1 is 1.20 bits per heavy atom. The van der Waals surface area contributed by atoms with Gasteiger partial charge in [-0.2, -0.15) is 0 Å². The topological polar surface area (TPSA) is 49.0 Å². The minimum atomic E-state index is 0.157. The second-order valence-corrected chi connectivity index (χ2v) is 11.0. The Labute approximate surface area is 248 Å². The van der Waals surface area contributed by atoms with Crippen LogP contribution in [0.2, 0.25) is 0 Å². The highest BCUT2D eigenvalue weighted by atomic mass is 16.5. The number of aryl methyl sites for hydroxylation is 2. The minimum absolute atomic E-state index is 0.157. The summed E-state index contributed by atoms with van der Waals surface area (Å²) in [5.41, 5.74) is 4.48. The number of hydrogen-bond donors (Lipinski definition) is 0. The molecule has 1 aliphatic rings. The van der Waals surface area contributed by atoms with Crippen molar-refractivity contribution in [1.82, 2.24) is 4.90 Å². The molecule has 1 unspecified atom stereocenters. The molecule has 1 atom stereocenters. The number of allylic oxidation sites excluding steroid dienone is 3. The molecule has 1 amide bonds. The van der Waals surface area contributed by atoms with Gasteiger partial charge >= 0.3 is 0 Å². The number of rotatable bonds is 18. The van der Waals surface area contributed by atoms with E-state index in [0.717, 1.165) is 94.6 Å². The van der Waals surface area contributed by atoms with Crippen molar-refractivity contribution < 1.29 is 14.1 Å². The number of anilines is 1. The van der Waals surface area contributed by atoms with E-state index in [9.17, 15) is 4.79 Å². The summed E-state index contributed by atoms with van der Waals surface area (Å²) in [5, 5.41) is 0. The van der Waals surface area contributed by atoms with E-state index in [1.54, 1.807) is 0 Å². The van der Waals surface area contributed by atoms with Gasteiger partial charge in [0, 0.05) is 37.0 Å². The van der Waals surface area contributed by atoms with Gasteiger partial charge in [0.15, 0.2) is 12.4 Å². The van der Waals surface area contributed by atoms with Crippen molar-refractivity contribution in [2.75, 3.05) is 31.1 Å². The normalized spacial score (nSPS) is 13.6. The molecule has 0 bridgehead atoms. The molecule has 1 aromatic carbocycles. The predicted molar refractivity (Wildman–Crippen MR) is 171 cm³/mol. The van der Waals surface area contributed by atoms with Gasteiger partial charge in [0.1, 0.15) is 18.5 Å². The Balaban J connectivity index is 1.73. The van der Waals surface area contributed by atoms with Crippen LogP contribution < -0.4 is 14.2 Å². The highest BCUT2D eigenvalue weighted by Gasteiger charge is 2.25. The van der Waals surface area contributed by atoms with Crippen LogP contribution in [0.25, 0.3) is 0 Å². The van der Waals surface area contributed by atoms with Crippen LogP contribution in [0.3, 0.4) is 0 Å². The molecular weight excluding hydrogens is 508 g/mol. The van der Waals surface area contributed by atoms with Crippen LogP contribution in [0.1, 0.15) is 76.8 Å². The van der Waals surface area contributed by atoms with Crippen molar-refractivity contribution in [2.24, 2.45) is 12.0 Å². The quantitative estimate of drug-likeness (QED) is 0.152. The zero-order chi connectivity index (χ0) is 29.5. The Hall–Kier alpha value is -3.25. The number of carbonyl (C=O) groups is 1. The molecule has 6 heteroatoms. The van der Waals surface area contributed by atoms with E-state index in [0.29, 0.717) is 6.54 Å². The summed E-state index contributed by atoms with van der Waals surface area (Å²) in [7, 11) is 2.00. The minimum Gasteiger partial charge on any atom is -0.493 e. The first-order chi connectivity index (χ1) is 19.9. The highest BCUT2D eigenvalue weighted by molar-refractivity contribution is 5.94. The number of amides is 1. The maximum atomic E-state index is 13.8. The zero-order valence-corrected chi connectivity index (χ0v) is 25.9. The van der Waals surface area contributed by atoms with Crippen molar-refractivity contribution in [1.29, 1.82) is 0 Å². The molecule has 3 rings (SSSR count). The van der Waals surface area contributed by atoms with Crippen LogP contribution in [0, 0.1) is 0 Å². The van der Waals surface area contributed by atoms with E-state index in [1.165, 1.54) is 11.1 Å². The first kappa shape index (κ1) is 32.3. The summed E-state index contributed by atoms with van der Waals surface area (Å²) in [5.74, 6) is 1.18. The second kappa shape index (κ2) is 17.5. The van der Waals surface area contributed by atoms with Crippen molar-refractivity contribution >= 4 is 17.8 Å². The third-order valence-electron chi connectivity index (χ3n) is 7.75. The van der Waals surface area contributed by atoms with Crippen molar-refractivity contribution in [3.8, 4) is 5.75 Å². The summed E-state index contributed by atoms with van der Waals surface area (Å²) in [6.45, 7) is 13.4. The number of nitrogens with zero attached hydrogens (tertiary/aromatic N) is 4. The van der Waals surface area contributed by atoms with Gasteiger partial charge in [0.25, 0.3) is 0 Å². The first-order valence-corrected chi connectivity index (χ1v) is 15.6. The lowest BCUT2D eigenvalue weighted by Gasteiger charge is -2.32. The molecule has 1 aliphatic heterocycles. The van der Waals surface area contributed by atoms with Gasteiger partial charge < -0.3 is 9.64 Å². The number of unbranched alkanes of at least 4 members (excludes halogenated alkanes) is 2. The van der Waals surface area contributed by atoms with Crippen molar-refractivity contribution in [3.63, 3.8) is 0 Å². The van der Waals surface area contributed by atoms with Gasteiger partial charge in [-0.3, -0.25) is 14.7 Å². The number of aliphatic imine (C=N–C) groups is 1. The number of fused-ring (bicyclic) bond motifs is 1. The molecule has 41 heavy (non-hydrogen) atoms. The van der Waals surface area contributed by atoms with E-state index in [4.69, 9.17) is 4.74 Å². The molecule has 0 spiro atoms. The standard InChI is InChI=1S/C35H51N4O2/c1-6-9-11-12-22-36-29(4)15-18-32(19-16-30-17-20-34-31(26-30)21-25-41-34)38(8-3)28-35(40)39(24-10-7-2)33-14-13-23-37(5)27-33/h11-14,17,20,22-23,26-27,32H,4,6-10,15-16,18-19,21,24-25,28H2,1-3,5H3/q+1/b12-11-,36-22?. The number of pyridine rings is 1. The third-order valence-corrected chi connectivity index (χ3v) is 7.75. The van der Waals surface area contributed by atoms with Crippen LogP contribution in [0.15, 0.2) is 72.1 Å². The Morgan fingerprint density at radius 2 is 2.05 bits per heavy atom. The van der Waals surface area contributed by atoms with Gasteiger partial charge in [-0.1, -0.05) is 58.4 Å². The fraction of sp³-hybridized carbons (Fsp3) is 0.514. The SMILES string of the molecule is C=C(CCC(CCc1ccc2c(c1)CCO2)N(CC)CC(=O)N(CCCC)c1ccc[n+](C)c1)N=C/C=C\CCC. The van der Waals surface area contributed by atoms with Gasteiger partial charge in [-0.25, -0.2) is 4.57 Å². The van der Waals surface area contributed by atoms with E-state index in [-0.39, 0.29) is 11.9 Å². The smallest absolute Gasteiger partial charge is 0.241 e. The number of hydrogen-bond acceptors (Lipinski definition) is 4. The van der Waals surface area contributed by atoms with E-state index < -0.39 is 0 Å². The maximum Gasteiger partial charge on any atom is 0.241 e. The van der Waals surface area contributed by atoms with Gasteiger partial charge in [-0.15, -0.1) is 0 Å². The Bertz CT molecular complexity index is 1170. The van der Waals surface area contributed by atoms with Gasteiger partial charge in [-0.05, 0) is 74.4 Å². The van der Waals surface area contributed by atoms with Gasteiger partial charge in [0.2, 0.25) is 5.91 Å². The van der Waals surface area contributed by atoms with Crippen LogP contribution in [-0.4, -0.2) is 49.3 Å². The fourth-order valence-electron chi connectivity index (χ4n) is 5.31. The molecule has 0 radical (unpaired) electrons.